The molecule has 10 heteroatoms. The molecule has 0 aromatic heterocycles. The molecule has 4 aromatic rings. The van der Waals surface area contributed by atoms with Crippen LogP contribution in [0.5, 0.6) is 5.75 Å². The number of benzene rings is 4. The van der Waals surface area contributed by atoms with E-state index >= 15 is 0 Å². The second kappa shape index (κ2) is 16.9. The highest BCUT2D eigenvalue weighted by Crippen LogP contribution is 2.30. The zero-order valence-electron chi connectivity index (χ0n) is 25.0. The summed E-state index contributed by atoms with van der Waals surface area (Å²) in [6.45, 7) is 3.91. The SMILES string of the molecule is COCC(COc1ccc(C2CCNCC2OCc2ccc3ccccc3c2)cc1)OCc1ccccc1.O=C(O)C(F)(F)F. The number of carboxylic acids is 1. The van der Waals surface area contributed by atoms with Crippen molar-refractivity contribution < 1.29 is 42.0 Å². The van der Waals surface area contributed by atoms with Gasteiger partial charge in [0.25, 0.3) is 0 Å². The predicted octanol–water partition coefficient (Wildman–Crippen LogP) is 6.75. The van der Waals surface area contributed by atoms with Crippen LogP contribution in [0.1, 0.15) is 29.0 Å². The Morgan fingerprint density at radius 3 is 2.27 bits per heavy atom. The van der Waals surface area contributed by atoms with Gasteiger partial charge < -0.3 is 29.4 Å². The molecule has 45 heavy (non-hydrogen) atoms. The lowest BCUT2D eigenvalue weighted by atomic mass is 9.87. The average Bonchev–Trinajstić information content (AvgIpc) is 3.06. The lowest BCUT2D eigenvalue weighted by Gasteiger charge is -2.32. The Morgan fingerprint density at radius 2 is 1.58 bits per heavy atom. The molecule has 240 valence electrons. The van der Waals surface area contributed by atoms with E-state index in [4.69, 9.17) is 28.8 Å². The van der Waals surface area contributed by atoms with Crippen LogP contribution in [-0.2, 0) is 32.2 Å². The number of alkyl halides is 3. The maximum absolute atomic E-state index is 10.6. The number of methoxy groups -OCH3 is 1. The van der Waals surface area contributed by atoms with Crippen molar-refractivity contribution in [3.05, 3.63) is 114 Å². The molecule has 0 bridgehead atoms. The summed E-state index contributed by atoms with van der Waals surface area (Å²) in [5.41, 5.74) is 3.63. The van der Waals surface area contributed by atoms with Crippen molar-refractivity contribution in [2.24, 2.45) is 0 Å². The number of piperidine rings is 1. The Labute approximate surface area is 260 Å². The van der Waals surface area contributed by atoms with Crippen molar-refractivity contribution >= 4 is 16.7 Å². The van der Waals surface area contributed by atoms with Crippen LogP contribution in [0.4, 0.5) is 13.2 Å². The van der Waals surface area contributed by atoms with Crippen molar-refractivity contribution in [2.75, 3.05) is 33.4 Å². The quantitative estimate of drug-likeness (QED) is 0.180. The molecule has 4 aromatic carbocycles. The van der Waals surface area contributed by atoms with Gasteiger partial charge in [0, 0.05) is 19.6 Å². The molecule has 0 aliphatic carbocycles. The molecule has 1 aliphatic rings. The van der Waals surface area contributed by atoms with Crippen molar-refractivity contribution in [3.63, 3.8) is 0 Å². The van der Waals surface area contributed by atoms with Crippen molar-refractivity contribution in [1.82, 2.24) is 5.32 Å². The summed E-state index contributed by atoms with van der Waals surface area (Å²) in [4.78, 5) is 8.90. The van der Waals surface area contributed by atoms with Gasteiger partial charge in [0.05, 0.1) is 25.9 Å². The molecule has 1 heterocycles. The molecule has 3 atom stereocenters. The summed E-state index contributed by atoms with van der Waals surface area (Å²) in [7, 11) is 1.69. The normalized spacial score (nSPS) is 17.2. The number of carboxylic acid groups (broad SMARTS) is 1. The maximum atomic E-state index is 10.6. The molecule has 0 saturated carbocycles. The second-order valence-electron chi connectivity index (χ2n) is 10.7. The third-order valence-corrected chi connectivity index (χ3v) is 7.37. The van der Waals surface area contributed by atoms with E-state index < -0.39 is 12.1 Å². The smallest absolute Gasteiger partial charge is 0.490 e. The molecule has 2 N–H and O–H groups in total. The van der Waals surface area contributed by atoms with Crippen LogP contribution in [0, 0.1) is 0 Å². The lowest BCUT2D eigenvalue weighted by Crippen LogP contribution is -2.40. The molecule has 3 unspecified atom stereocenters. The van der Waals surface area contributed by atoms with Gasteiger partial charge in [0.15, 0.2) is 0 Å². The number of fused-ring (bicyclic) bond motifs is 1. The van der Waals surface area contributed by atoms with Crippen LogP contribution in [0.2, 0.25) is 0 Å². The Hall–Kier alpha value is -3.96. The van der Waals surface area contributed by atoms with E-state index in [0.29, 0.717) is 32.3 Å². The fourth-order valence-corrected chi connectivity index (χ4v) is 5.04. The lowest BCUT2D eigenvalue weighted by molar-refractivity contribution is -0.192. The number of hydrogen-bond acceptors (Lipinski definition) is 6. The number of rotatable bonds is 12. The van der Waals surface area contributed by atoms with E-state index in [0.717, 1.165) is 30.8 Å². The standard InChI is InChI=1S/C33H37NO4.C2HF3O2/c1-35-23-31(36-21-25-7-3-2-4-8-25)24-37-30-15-13-28(14-16-30)32-17-18-34-20-33(32)38-22-26-11-12-27-9-5-6-10-29(27)19-26;3-2(4,5)1(6)7/h2-16,19,31-34H,17-18,20-24H2,1H3;(H,6,7). The summed E-state index contributed by atoms with van der Waals surface area (Å²) < 4.78 is 55.6. The van der Waals surface area contributed by atoms with Gasteiger partial charge in [-0.25, -0.2) is 4.79 Å². The molecule has 0 radical (unpaired) electrons. The third kappa shape index (κ3) is 10.9. The molecule has 5 rings (SSSR count). The predicted molar refractivity (Wildman–Crippen MR) is 165 cm³/mol. The van der Waals surface area contributed by atoms with Crippen molar-refractivity contribution in [3.8, 4) is 5.75 Å². The number of nitrogens with one attached hydrogen (secondary N) is 1. The number of halogens is 3. The molecule has 0 spiro atoms. The van der Waals surface area contributed by atoms with Crippen LogP contribution in [-0.4, -0.2) is 62.9 Å². The summed E-state index contributed by atoms with van der Waals surface area (Å²) in [5.74, 6) is -1.57. The molecule has 0 amide bonds. The van der Waals surface area contributed by atoms with Gasteiger partial charge in [-0.2, -0.15) is 13.2 Å². The van der Waals surface area contributed by atoms with Crippen LogP contribution in [0.15, 0.2) is 97.1 Å². The zero-order valence-corrected chi connectivity index (χ0v) is 25.0. The van der Waals surface area contributed by atoms with Crippen molar-refractivity contribution in [2.45, 2.75) is 43.9 Å². The highest BCUT2D eigenvalue weighted by atomic mass is 19.4. The Morgan fingerprint density at radius 1 is 0.889 bits per heavy atom. The maximum Gasteiger partial charge on any atom is 0.490 e. The minimum Gasteiger partial charge on any atom is -0.491 e. The van der Waals surface area contributed by atoms with E-state index in [1.54, 1.807) is 7.11 Å². The van der Waals surface area contributed by atoms with Crippen LogP contribution in [0.3, 0.4) is 0 Å². The fourth-order valence-electron chi connectivity index (χ4n) is 5.04. The monoisotopic (exact) mass is 625 g/mol. The second-order valence-corrected chi connectivity index (χ2v) is 10.7. The third-order valence-electron chi connectivity index (χ3n) is 7.37. The van der Waals surface area contributed by atoms with Gasteiger partial charge in [0.2, 0.25) is 0 Å². The fraction of sp³-hybridized carbons (Fsp3) is 0.343. The number of hydrogen-bond donors (Lipinski definition) is 2. The van der Waals surface area contributed by atoms with E-state index in [2.05, 4.69) is 84.2 Å². The van der Waals surface area contributed by atoms with Crippen LogP contribution < -0.4 is 10.1 Å². The van der Waals surface area contributed by atoms with Gasteiger partial charge in [-0.15, -0.1) is 0 Å². The molecular formula is C35H38F3NO6. The van der Waals surface area contributed by atoms with Gasteiger partial charge in [-0.3, -0.25) is 0 Å². The Balaban J connectivity index is 0.000000591. The first-order valence-electron chi connectivity index (χ1n) is 14.7. The van der Waals surface area contributed by atoms with E-state index in [1.807, 2.05) is 18.2 Å². The first kappa shape index (κ1) is 33.9. The minimum absolute atomic E-state index is 0.124. The highest BCUT2D eigenvalue weighted by molar-refractivity contribution is 5.82. The van der Waals surface area contributed by atoms with E-state index in [-0.39, 0.29) is 12.2 Å². The van der Waals surface area contributed by atoms with Crippen LogP contribution in [0.25, 0.3) is 10.8 Å². The van der Waals surface area contributed by atoms with E-state index in [1.165, 1.54) is 21.9 Å². The first-order chi connectivity index (χ1) is 21.7. The number of aliphatic carboxylic acids is 1. The summed E-state index contributed by atoms with van der Waals surface area (Å²) in [6.07, 6.45) is -4.05. The minimum atomic E-state index is -5.08. The Kier molecular flexibility index (Phi) is 12.8. The van der Waals surface area contributed by atoms with E-state index in [9.17, 15) is 13.2 Å². The van der Waals surface area contributed by atoms with Gasteiger partial charge in [-0.05, 0) is 58.6 Å². The number of ether oxygens (including phenoxy) is 4. The molecule has 1 fully saturated rings. The summed E-state index contributed by atoms with van der Waals surface area (Å²) in [5, 5.41) is 13.1. The Bertz CT molecular complexity index is 1470. The largest absolute Gasteiger partial charge is 0.491 e. The summed E-state index contributed by atoms with van der Waals surface area (Å²) in [6, 6.07) is 33.6. The molecular weight excluding hydrogens is 587 g/mol. The number of carbonyl (C=O) groups is 1. The highest BCUT2D eigenvalue weighted by Gasteiger charge is 2.38. The van der Waals surface area contributed by atoms with Gasteiger partial charge >= 0.3 is 12.1 Å². The van der Waals surface area contributed by atoms with Crippen molar-refractivity contribution in [1.29, 1.82) is 0 Å². The first-order valence-corrected chi connectivity index (χ1v) is 14.7. The average molecular weight is 626 g/mol. The van der Waals surface area contributed by atoms with Crippen LogP contribution >= 0.6 is 0 Å². The molecule has 7 nitrogen and oxygen atoms in total. The van der Waals surface area contributed by atoms with Gasteiger partial charge in [0.1, 0.15) is 18.5 Å². The molecule has 1 saturated heterocycles. The zero-order chi connectivity index (χ0) is 32.1. The summed E-state index contributed by atoms with van der Waals surface area (Å²) >= 11 is 0. The topological polar surface area (TPSA) is 86.3 Å². The molecule has 1 aliphatic heterocycles. The van der Waals surface area contributed by atoms with Gasteiger partial charge in [-0.1, -0.05) is 78.9 Å².